The number of rotatable bonds is 5. The number of hydrogen-bond donors (Lipinski definition) is 1. The second-order valence-corrected chi connectivity index (χ2v) is 4.07. The van der Waals surface area contributed by atoms with Crippen molar-refractivity contribution in [3.05, 3.63) is 11.9 Å². The molecular formula is C10H16N4O2. The minimum atomic E-state index is -0.843. The van der Waals surface area contributed by atoms with Gasteiger partial charge < -0.3 is 10.0 Å². The third kappa shape index (κ3) is 2.79. The van der Waals surface area contributed by atoms with E-state index in [1.807, 2.05) is 0 Å². The number of carboxylic acids is 1. The van der Waals surface area contributed by atoms with Gasteiger partial charge in [-0.2, -0.15) is 0 Å². The Bertz CT molecular complexity index is 357. The lowest BCUT2D eigenvalue weighted by atomic mass is 10.3. The zero-order chi connectivity index (χ0) is 11.4. The second kappa shape index (κ2) is 5.07. The summed E-state index contributed by atoms with van der Waals surface area (Å²) >= 11 is 0. The van der Waals surface area contributed by atoms with Gasteiger partial charge in [0.15, 0.2) is 0 Å². The van der Waals surface area contributed by atoms with E-state index in [-0.39, 0.29) is 6.42 Å². The number of carboxylic acid groups (broad SMARTS) is 1. The number of likely N-dealkylation sites (tertiary alicyclic amines) is 1. The normalized spacial score (nSPS) is 16.8. The van der Waals surface area contributed by atoms with Gasteiger partial charge in [-0.25, -0.2) is 4.68 Å². The molecule has 6 nitrogen and oxygen atoms in total. The molecule has 1 aromatic rings. The summed E-state index contributed by atoms with van der Waals surface area (Å²) in [5.74, 6) is -0.843. The molecule has 0 spiro atoms. The molecule has 88 valence electrons. The Morgan fingerprint density at radius 3 is 2.81 bits per heavy atom. The molecule has 0 bridgehead atoms. The second-order valence-electron chi connectivity index (χ2n) is 4.07. The van der Waals surface area contributed by atoms with E-state index in [1.54, 1.807) is 4.68 Å². The average molecular weight is 224 g/mol. The zero-order valence-electron chi connectivity index (χ0n) is 9.17. The van der Waals surface area contributed by atoms with E-state index >= 15 is 0 Å². The maximum absolute atomic E-state index is 10.6. The topological polar surface area (TPSA) is 71.2 Å². The van der Waals surface area contributed by atoms with E-state index in [2.05, 4.69) is 15.2 Å². The van der Waals surface area contributed by atoms with Crippen molar-refractivity contribution >= 4 is 5.97 Å². The molecule has 0 radical (unpaired) electrons. The van der Waals surface area contributed by atoms with Crippen LogP contribution in [0.3, 0.4) is 0 Å². The third-order valence-electron chi connectivity index (χ3n) is 2.86. The minimum absolute atomic E-state index is 0.00694. The van der Waals surface area contributed by atoms with Gasteiger partial charge >= 0.3 is 5.97 Å². The summed E-state index contributed by atoms with van der Waals surface area (Å²) in [5.41, 5.74) is 0.673. The maximum Gasteiger partial charge on any atom is 0.309 e. The van der Waals surface area contributed by atoms with Crippen LogP contribution in [0.2, 0.25) is 0 Å². The first-order chi connectivity index (χ1) is 7.75. The quantitative estimate of drug-likeness (QED) is 0.762. The Morgan fingerprint density at radius 1 is 1.38 bits per heavy atom. The fourth-order valence-electron chi connectivity index (χ4n) is 2.00. The summed E-state index contributed by atoms with van der Waals surface area (Å²) in [6.07, 6.45) is 4.05. The van der Waals surface area contributed by atoms with Crippen LogP contribution in [0, 0.1) is 0 Å². The number of nitrogens with zero attached hydrogens (tertiary/aromatic N) is 4. The summed E-state index contributed by atoms with van der Waals surface area (Å²) in [5, 5.41) is 16.4. The highest BCUT2D eigenvalue weighted by Crippen LogP contribution is 2.07. The molecule has 2 heterocycles. The first-order valence-electron chi connectivity index (χ1n) is 5.57. The van der Waals surface area contributed by atoms with Crippen LogP contribution in [0.1, 0.15) is 18.5 Å². The van der Waals surface area contributed by atoms with Crippen molar-refractivity contribution in [2.45, 2.75) is 25.8 Å². The number of aliphatic carboxylic acids is 1. The van der Waals surface area contributed by atoms with Gasteiger partial charge in [0, 0.05) is 6.54 Å². The molecule has 1 fully saturated rings. The number of hydrogen-bond acceptors (Lipinski definition) is 4. The largest absolute Gasteiger partial charge is 0.481 e. The summed E-state index contributed by atoms with van der Waals surface area (Å²) in [6.45, 7) is 3.94. The third-order valence-corrected chi connectivity index (χ3v) is 2.86. The van der Waals surface area contributed by atoms with Crippen molar-refractivity contribution in [3.63, 3.8) is 0 Å². The van der Waals surface area contributed by atoms with Gasteiger partial charge in [0.25, 0.3) is 0 Å². The van der Waals surface area contributed by atoms with E-state index in [1.165, 1.54) is 19.0 Å². The molecule has 1 aliphatic rings. The molecule has 1 saturated heterocycles. The zero-order valence-corrected chi connectivity index (χ0v) is 9.17. The number of carbonyl (C=O) groups is 1. The van der Waals surface area contributed by atoms with Crippen LogP contribution in [0.5, 0.6) is 0 Å². The van der Waals surface area contributed by atoms with Crippen LogP contribution < -0.4 is 0 Å². The van der Waals surface area contributed by atoms with E-state index in [4.69, 9.17) is 5.11 Å². The lowest BCUT2D eigenvalue weighted by Gasteiger charge is -2.14. The van der Waals surface area contributed by atoms with Gasteiger partial charge in [-0.3, -0.25) is 4.79 Å². The van der Waals surface area contributed by atoms with Gasteiger partial charge in [-0.15, -0.1) is 5.10 Å². The molecule has 1 N–H and O–H groups in total. The lowest BCUT2D eigenvalue weighted by Crippen LogP contribution is -2.25. The highest BCUT2D eigenvalue weighted by atomic mass is 16.4. The van der Waals surface area contributed by atoms with Crippen LogP contribution in [0.4, 0.5) is 0 Å². The first kappa shape index (κ1) is 11.1. The summed E-state index contributed by atoms with van der Waals surface area (Å²) < 4.78 is 1.69. The van der Waals surface area contributed by atoms with Crippen molar-refractivity contribution in [3.8, 4) is 0 Å². The summed E-state index contributed by atoms with van der Waals surface area (Å²) in [4.78, 5) is 13.0. The first-order valence-corrected chi connectivity index (χ1v) is 5.57. The maximum atomic E-state index is 10.6. The van der Waals surface area contributed by atoms with Crippen LogP contribution in [-0.2, 0) is 17.8 Å². The Hall–Kier alpha value is -1.43. The SMILES string of the molecule is O=C(O)Cc1cnnn1CCN1CCCC1. The van der Waals surface area contributed by atoms with Gasteiger partial charge in [0.05, 0.1) is 24.9 Å². The Labute approximate surface area is 93.9 Å². The molecule has 0 saturated carbocycles. The lowest BCUT2D eigenvalue weighted by molar-refractivity contribution is -0.136. The van der Waals surface area contributed by atoms with Crippen molar-refractivity contribution in [2.24, 2.45) is 0 Å². The van der Waals surface area contributed by atoms with Crippen molar-refractivity contribution < 1.29 is 9.90 Å². The fourth-order valence-corrected chi connectivity index (χ4v) is 2.00. The standard InChI is InChI=1S/C10H16N4O2/c15-10(16)7-9-8-11-12-14(9)6-5-13-3-1-2-4-13/h8H,1-7H2,(H,15,16). The predicted molar refractivity (Wildman–Crippen MR) is 57.0 cm³/mol. The van der Waals surface area contributed by atoms with Gasteiger partial charge in [0.1, 0.15) is 0 Å². The van der Waals surface area contributed by atoms with Crippen molar-refractivity contribution in [2.75, 3.05) is 19.6 Å². The van der Waals surface area contributed by atoms with E-state index in [0.717, 1.165) is 26.2 Å². The van der Waals surface area contributed by atoms with Crippen LogP contribution in [-0.4, -0.2) is 50.6 Å². The Kier molecular flexibility index (Phi) is 3.51. The summed E-state index contributed by atoms with van der Waals surface area (Å²) in [6, 6.07) is 0. The predicted octanol–water partition coefficient (Wildman–Crippen LogP) is 0.001000. The van der Waals surface area contributed by atoms with E-state index < -0.39 is 5.97 Å². The molecule has 0 atom stereocenters. The smallest absolute Gasteiger partial charge is 0.309 e. The van der Waals surface area contributed by atoms with E-state index in [9.17, 15) is 4.79 Å². The molecule has 0 amide bonds. The summed E-state index contributed by atoms with van der Waals surface area (Å²) in [7, 11) is 0. The molecule has 2 rings (SSSR count). The molecule has 0 aliphatic carbocycles. The highest BCUT2D eigenvalue weighted by molar-refractivity contribution is 5.69. The molecule has 0 aromatic carbocycles. The molecule has 6 heteroatoms. The van der Waals surface area contributed by atoms with Gasteiger partial charge in [-0.1, -0.05) is 5.21 Å². The van der Waals surface area contributed by atoms with E-state index in [0.29, 0.717) is 5.69 Å². The van der Waals surface area contributed by atoms with Crippen LogP contribution in [0.25, 0.3) is 0 Å². The molecular weight excluding hydrogens is 208 g/mol. The highest BCUT2D eigenvalue weighted by Gasteiger charge is 2.13. The monoisotopic (exact) mass is 224 g/mol. The van der Waals surface area contributed by atoms with Crippen molar-refractivity contribution in [1.29, 1.82) is 0 Å². The Morgan fingerprint density at radius 2 is 2.12 bits per heavy atom. The van der Waals surface area contributed by atoms with Crippen LogP contribution in [0.15, 0.2) is 6.20 Å². The molecule has 0 unspecified atom stereocenters. The average Bonchev–Trinajstić information content (AvgIpc) is 2.84. The molecule has 1 aliphatic heterocycles. The van der Waals surface area contributed by atoms with Gasteiger partial charge in [0.2, 0.25) is 0 Å². The molecule has 1 aromatic heterocycles. The Balaban J connectivity index is 1.88. The fraction of sp³-hybridized carbons (Fsp3) is 0.700. The molecule has 16 heavy (non-hydrogen) atoms. The van der Waals surface area contributed by atoms with Crippen molar-refractivity contribution in [1.82, 2.24) is 19.9 Å². The van der Waals surface area contributed by atoms with Gasteiger partial charge in [-0.05, 0) is 25.9 Å². The minimum Gasteiger partial charge on any atom is -0.481 e. The van der Waals surface area contributed by atoms with Crippen LogP contribution >= 0.6 is 0 Å². The number of aromatic nitrogens is 3.